The molecule has 0 spiro atoms. The van der Waals surface area contributed by atoms with Crippen LogP contribution >= 0.6 is 11.6 Å². The predicted molar refractivity (Wildman–Crippen MR) is 135 cm³/mol. The highest BCUT2D eigenvalue weighted by molar-refractivity contribution is 6.30. The Labute approximate surface area is 214 Å². The summed E-state index contributed by atoms with van der Waals surface area (Å²) in [5.74, 6) is -0.634. The molecule has 0 saturated heterocycles. The molecule has 2 amide bonds. The maximum absolute atomic E-state index is 13.3. The molecular formula is C28H27ClN2O5. The lowest BCUT2D eigenvalue weighted by Gasteiger charge is -2.34. The van der Waals surface area contributed by atoms with Crippen LogP contribution in [-0.4, -0.2) is 29.3 Å². The number of rotatable bonds is 8. The Kier molecular flexibility index (Phi) is 7.90. The van der Waals surface area contributed by atoms with E-state index in [1.165, 1.54) is 0 Å². The van der Waals surface area contributed by atoms with Gasteiger partial charge in [-0.1, -0.05) is 35.9 Å². The Morgan fingerprint density at radius 3 is 2.67 bits per heavy atom. The number of hydrogen-bond donors (Lipinski definition) is 1. The third-order valence-corrected chi connectivity index (χ3v) is 6.34. The maximum Gasteiger partial charge on any atom is 0.336 e. The van der Waals surface area contributed by atoms with Gasteiger partial charge >= 0.3 is 5.97 Å². The van der Waals surface area contributed by atoms with Crippen molar-refractivity contribution < 1.29 is 23.5 Å². The van der Waals surface area contributed by atoms with E-state index < -0.39 is 11.9 Å². The van der Waals surface area contributed by atoms with Crippen molar-refractivity contribution in [3.8, 4) is 0 Å². The van der Waals surface area contributed by atoms with E-state index in [1.54, 1.807) is 73.5 Å². The molecule has 0 unspecified atom stereocenters. The van der Waals surface area contributed by atoms with E-state index >= 15 is 0 Å². The first kappa shape index (κ1) is 25.3. The van der Waals surface area contributed by atoms with Crippen molar-refractivity contribution in [1.82, 2.24) is 10.2 Å². The van der Waals surface area contributed by atoms with E-state index in [-0.39, 0.29) is 37.9 Å². The summed E-state index contributed by atoms with van der Waals surface area (Å²) < 4.78 is 10.6. The van der Waals surface area contributed by atoms with Crippen molar-refractivity contribution in [2.45, 2.75) is 39.3 Å². The second-order valence-corrected chi connectivity index (χ2v) is 8.91. The van der Waals surface area contributed by atoms with E-state index in [9.17, 15) is 14.4 Å². The van der Waals surface area contributed by atoms with Gasteiger partial charge in [0.25, 0.3) is 5.91 Å². The highest BCUT2D eigenvalue weighted by Gasteiger charge is 2.37. The molecule has 1 N–H and O–H groups in total. The lowest BCUT2D eigenvalue weighted by Crippen LogP contribution is -2.38. The minimum Gasteiger partial charge on any atom is -0.467 e. The van der Waals surface area contributed by atoms with Gasteiger partial charge in [-0.2, -0.15) is 0 Å². The summed E-state index contributed by atoms with van der Waals surface area (Å²) in [7, 11) is 0. The number of carbonyl (C=O) groups excluding carboxylic acids is 3. The summed E-state index contributed by atoms with van der Waals surface area (Å²) in [6, 6.07) is 17.8. The second-order valence-electron chi connectivity index (χ2n) is 8.47. The quantitative estimate of drug-likeness (QED) is 0.423. The van der Waals surface area contributed by atoms with Crippen molar-refractivity contribution in [3.63, 3.8) is 0 Å². The van der Waals surface area contributed by atoms with Crippen molar-refractivity contribution in [1.29, 1.82) is 0 Å². The van der Waals surface area contributed by atoms with Gasteiger partial charge in [0.2, 0.25) is 5.91 Å². The molecule has 1 aliphatic rings. The van der Waals surface area contributed by atoms with Crippen molar-refractivity contribution in [2.75, 3.05) is 6.61 Å². The van der Waals surface area contributed by atoms with Crippen LogP contribution in [-0.2, 0) is 27.4 Å². The lowest BCUT2D eigenvalue weighted by atomic mass is 9.83. The maximum atomic E-state index is 13.3. The second kappa shape index (κ2) is 11.3. The first-order chi connectivity index (χ1) is 17.4. The van der Waals surface area contributed by atoms with Gasteiger partial charge in [0.1, 0.15) is 5.76 Å². The van der Waals surface area contributed by atoms with Gasteiger partial charge in [0, 0.05) is 28.6 Å². The average molecular weight is 507 g/mol. The number of allylic oxidation sites excluding steroid dienone is 1. The standard InChI is InChI=1S/C28H27ClN2O5/c1-3-35-28(34)26-18(2)31(25(32)15-24(26)20-8-5-10-22(29)14-20)17-19-7-4-9-21(13-19)27(33)30-16-23-11-6-12-36-23/h4-14,24H,3,15-17H2,1-2H3,(H,30,33)/t24-/m1/s1. The molecule has 7 nitrogen and oxygen atoms in total. The lowest BCUT2D eigenvalue weighted by molar-refractivity contribution is -0.140. The molecule has 1 aromatic heterocycles. The molecule has 0 aliphatic carbocycles. The Morgan fingerprint density at radius 1 is 1.14 bits per heavy atom. The van der Waals surface area contributed by atoms with Crippen LogP contribution in [0.5, 0.6) is 0 Å². The number of nitrogens with one attached hydrogen (secondary N) is 1. The van der Waals surface area contributed by atoms with Crippen LogP contribution in [0.3, 0.4) is 0 Å². The molecule has 3 aromatic rings. The molecule has 0 fully saturated rings. The first-order valence-corrected chi connectivity index (χ1v) is 12.1. The summed E-state index contributed by atoms with van der Waals surface area (Å²) in [5, 5.41) is 3.35. The molecule has 2 heterocycles. The molecule has 0 bridgehead atoms. The largest absolute Gasteiger partial charge is 0.467 e. The van der Waals surface area contributed by atoms with Crippen molar-refractivity contribution in [3.05, 3.63) is 106 Å². The number of hydrogen-bond acceptors (Lipinski definition) is 5. The van der Waals surface area contributed by atoms with Gasteiger partial charge in [-0.3, -0.25) is 9.59 Å². The molecular weight excluding hydrogens is 480 g/mol. The summed E-state index contributed by atoms with van der Waals surface area (Å²) in [5.41, 5.74) is 2.98. The number of nitrogens with zero attached hydrogens (tertiary/aromatic N) is 1. The van der Waals surface area contributed by atoms with Gasteiger partial charge in [0.15, 0.2) is 0 Å². The topological polar surface area (TPSA) is 88.8 Å². The number of benzene rings is 2. The monoisotopic (exact) mass is 506 g/mol. The molecule has 2 aromatic carbocycles. The van der Waals surface area contributed by atoms with E-state index in [0.29, 0.717) is 27.6 Å². The number of carbonyl (C=O) groups is 3. The fourth-order valence-corrected chi connectivity index (χ4v) is 4.56. The number of amides is 2. The third-order valence-electron chi connectivity index (χ3n) is 6.10. The average Bonchev–Trinajstić information content (AvgIpc) is 3.39. The predicted octanol–water partition coefficient (Wildman–Crippen LogP) is 5.22. The number of furan rings is 1. The van der Waals surface area contributed by atoms with Crippen LogP contribution < -0.4 is 5.32 Å². The van der Waals surface area contributed by atoms with E-state index in [2.05, 4.69) is 5.32 Å². The normalized spacial score (nSPS) is 15.7. The molecule has 0 saturated carbocycles. The Bertz CT molecular complexity index is 1300. The van der Waals surface area contributed by atoms with Crippen LogP contribution in [0.1, 0.15) is 53.4 Å². The number of esters is 1. The van der Waals surface area contributed by atoms with Crippen LogP contribution in [0.25, 0.3) is 0 Å². The smallest absolute Gasteiger partial charge is 0.336 e. The first-order valence-electron chi connectivity index (χ1n) is 11.7. The minimum absolute atomic E-state index is 0.106. The SMILES string of the molecule is CCOC(=O)C1=C(C)N(Cc2cccc(C(=O)NCc3ccco3)c2)C(=O)C[C@@H]1c1cccc(Cl)c1. The highest BCUT2D eigenvalue weighted by Crippen LogP contribution is 2.38. The van der Waals surface area contributed by atoms with Crippen LogP contribution in [0.2, 0.25) is 5.02 Å². The zero-order valence-electron chi connectivity index (χ0n) is 20.1. The summed E-state index contributed by atoms with van der Waals surface area (Å²) in [6.45, 7) is 4.21. The van der Waals surface area contributed by atoms with Gasteiger partial charge < -0.3 is 19.4 Å². The number of ether oxygens (including phenoxy) is 1. The molecule has 1 atom stereocenters. The number of halogens is 1. The fourth-order valence-electron chi connectivity index (χ4n) is 4.36. The fraction of sp³-hybridized carbons (Fsp3) is 0.250. The van der Waals surface area contributed by atoms with Crippen LogP contribution in [0, 0.1) is 0 Å². The Morgan fingerprint density at radius 2 is 1.94 bits per heavy atom. The highest BCUT2D eigenvalue weighted by atomic mass is 35.5. The zero-order chi connectivity index (χ0) is 25.7. The minimum atomic E-state index is -0.455. The molecule has 186 valence electrons. The molecule has 1 aliphatic heterocycles. The Balaban J connectivity index is 1.59. The van der Waals surface area contributed by atoms with Gasteiger partial charge in [-0.05, 0) is 61.4 Å². The molecule has 36 heavy (non-hydrogen) atoms. The van der Waals surface area contributed by atoms with Crippen LogP contribution in [0.4, 0.5) is 0 Å². The van der Waals surface area contributed by atoms with Crippen LogP contribution in [0.15, 0.2) is 82.6 Å². The summed E-state index contributed by atoms with van der Waals surface area (Å²) in [6.07, 6.45) is 1.66. The summed E-state index contributed by atoms with van der Waals surface area (Å²) in [4.78, 5) is 40.5. The summed E-state index contributed by atoms with van der Waals surface area (Å²) >= 11 is 6.19. The van der Waals surface area contributed by atoms with Crippen molar-refractivity contribution in [2.24, 2.45) is 0 Å². The molecule has 8 heteroatoms. The van der Waals surface area contributed by atoms with Gasteiger partial charge in [-0.25, -0.2) is 4.79 Å². The van der Waals surface area contributed by atoms with Gasteiger partial charge in [0.05, 0.1) is 31.5 Å². The van der Waals surface area contributed by atoms with E-state index in [0.717, 1.165) is 11.1 Å². The van der Waals surface area contributed by atoms with Gasteiger partial charge in [-0.15, -0.1) is 0 Å². The van der Waals surface area contributed by atoms with E-state index in [4.69, 9.17) is 20.8 Å². The molecule has 4 rings (SSSR count). The Hall–Kier alpha value is -3.84. The van der Waals surface area contributed by atoms with E-state index in [1.807, 2.05) is 12.1 Å². The zero-order valence-corrected chi connectivity index (χ0v) is 20.9. The molecule has 0 radical (unpaired) electrons. The van der Waals surface area contributed by atoms with Crippen molar-refractivity contribution >= 4 is 29.4 Å². The third kappa shape index (κ3) is 5.69.